The number of amides is 1. The summed E-state index contributed by atoms with van der Waals surface area (Å²) in [7, 11) is 0. The summed E-state index contributed by atoms with van der Waals surface area (Å²) in [6, 6.07) is 10.8. The molecule has 2 heterocycles. The fraction of sp³-hybridized carbons (Fsp3) is 0.304. The number of esters is 1. The molecule has 0 unspecified atom stereocenters. The van der Waals surface area contributed by atoms with Crippen LogP contribution in [0, 0.1) is 6.92 Å². The van der Waals surface area contributed by atoms with E-state index in [1.54, 1.807) is 26.8 Å². The van der Waals surface area contributed by atoms with Crippen molar-refractivity contribution in [2.24, 2.45) is 0 Å². The molecule has 0 aliphatic rings. The van der Waals surface area contributed by atoms with E-state index in [4.69, 9.17) is 10.5 Å². The second kappa shape index (κ2) is 9.12. The van der Waals surface area contributed by atoms with E-state index in [-0.39, 0.29) is 23.6 Å². The van der Waals surface area contributed by atoms with Crippen LogP contribution in [0.15, 0.2) is 45.7 Å². The summed E-state index contributed by atoms with van der Waals surface area (Å²) in [6.07, 6.45) is 0. The average molecular weight is 501 g/mol. The number of aromatic nitrogens is 2. The minimum absolute atomic E-state index is 0.105. The van der Waals surface area contributed by atoms with Crippen molar-refractivity contribution in [1.29, 1.82) is 0 Å². The van der Waals surface area contributed by atoms with E-state index in [9.17, 15) is 14.4 Å². The van der Waals surface area contributed by atoms with E-state index in [0.717, 1.165) is 15.7 Å². The molecule has 0 saturated heterocycles. The van der Waals surface area contributed by atoms with E-state index < -0.39 is 29.6 Å². The van der Waals surface area contributed by atoms with E-state index in [1.807, 2.05) is 31.2 Å². The van der Waals surface area contributed by atoms with Crippen LogP contribution in [0.25, 0.3) is 11.0 Å². The molecule has 0 fully saturated rings. The van der Waals surface area contributed by atoms with Crippen LogP contribution in [0.3, 0.4) is 0 Å². The third-order valence-corrected chi connectivity index (χ3v) is 5.20. The van der Waals surface area contributed by atoms with Gasteiger partial charge in [-0.25, -0.2) is 4.98 Å². The Hall–Kier alpha value is -3.20. The van der Waals surface area contributed by atoms with Gasteiger partial charge in [0, 0.05) is 11.9 Å². The molecule has 3 aromatic rings. The summed E-state index contributed by atoms with van der Waals surface area (Å²) in [5.74, 6) is -1.02. The number of anilines is 1. The molecule has 168 valence electrons. The molecule has 0 aliphatic carbocycles. The molecule has 0 atom stereocenters. The highest BCUT2D eigenvalue weighted by Gasteiger charge is 2.22. The Morgan fingerprint density at radius 2 is 1.84 bits per heavy atom. The zero-order chi connectivity index (χ0) is 23.6. The summed E-state index contributed by atoms with van der Waals surface area (Å²) in [4.78, 5) is 42.7. The van der Waals surface area contributed by atoms with Crippen molar-refractivity contribution < 1.29 is 14.3 Å². The first-order valence-electron chi connectivity index (χ1n) is 10.00. The van der Waals surface area contributed by atoms with Gasteiger partial charge in [-0.1, -0.05) is 29.8 Å². The zero-order valence-electron chi connectivity index (χ0n) is 18.4. The number of pyridine rings is 2. The molecule has 0 radical (unpaired) electrons. The predicted octanol–water partition coefficient (Wildman–Crippen LogP) is 3.32. The molecular formula is C23H25BrN4O4. The number of aryl methyl sites for hydroxylation is 1. The van der Waals surface area contributed by atoms with Gasteiger partial charge in [-0.05, 0) is 61.3 Å². The number of carbonyl (C=O) groups is 2. The Labute approximate surface area is 193 Å². The van der Waals surface area contributed by atoms with Crippen molar-refractivity contribution in [3.8, 4) is 0 Å². The van der Waals surface area contributed by atoms with E-state index in [0.29, 0.717) is 9.86 Å². The van der Waals surface area contributed by atoms with E-state index in [2.05, 4.69) is 26.2 Å². The Balaban J connectivity index is 2.00. The van der Waals surface area contributed by atoms with Crippen LogP contribution in [-0.2, 0) is 22.6 Å². The van der Waals surface area contributed by atoms with Crippen LogP contribution in [-0.4, -0.2) is 27.0 Å². The maximum atomic E-state index is 13.2. The lowest BCUT2D eigenvalue weighted by molar-refractivity contribution is -0.155. The van der Waals surface area contributed by atoms with Crippen molar-refractivity contribution in [1.82, 2.24) is 14.9 Å². The van der Waals surface area contributed by atoms with Gasteiger partial charge in [0.05, 0.1) is 4.47 Å². The lowest BCUT2D eigenvalue weighted by Gasteiger charge is -2.20. The van der Waals surface area contributed by atoms with Crippen molar-refractivity contribution in [2.45, 2.75) is 46.4 Å². The van der Waals surface area contributed by atoms with Gasteiger partial charge in [-0.2, -0.15) is 0 Å². The number of halogens is 1. The quantitative estimate of drug-likeness (QED) is 0.519. The molecule has 0 aliphatic heterocycles. The smallest absolute Gasteiger partial charge is 0.326 e. The molecule has 0 bridgehead atoms. The summed E-state index contributed by atoms with van der Waals surface area (Å²) in [5, 5.41) is 3.24. The zero-order valence-corrected chi connectivity index (χ0v) is 19.9. The second-order valence-corrected chi connectivity index (χ2v) is 9.33. The van der Waals surface area contributed by atoms with Crippen LogP contribution in [0.2, 0.25) is 0 Å². The van der Waals surface area contributed by atoms with Gasteiger partial charge in [0.2, 0.25) is 0 Å². The number of hydrogen-bond donors (Lipinski definition) is 2. The number of ether oxygens (including phenoxy) is 1. The topological polar surface area (TPSA) is 116 Å². The average Bonchev–Trinajstić information content (AvgIpc) is 2.69. The first-order chi connectivity index (χ1) is 14.9. The fourth-order valence-corrected chi connectivity index (χ4v) is 3.42. The number of benzene rings is 1. The molecule has 3 rings (SSSR count). The van der Waals surface area contributed by atoms with Gasteiger partial charge >= 0.3 is 5.97 Å². The van der Waals surface area contributed by atoms with Crippen molar-refractivity contribution >= 4 is 44.7 Å². The van der Waals surface area contributed by atoms with Crippen molar-refractivity contribution in [3.63, 3.8) is 0 Å². The Morgan fingerprint density at radius 1 is 1.19 bits per heavy atom. The number of carbonyl (C=O) groups excluding carboxylic acids is 2. The number of nitrogens with two attached hydrogens (primary N) is 1. The number of nitrogens with zero attached hydrogens (tertiary/aromatic N) is 2. The highest BCUT2D eigenvalue weighted by Crippen LogP contribution is 2.23. The fourth-order valence-electron chi connectivity index (χ4n) is 3.08. The predicted molar refractivity (Wildman–Crippen MR) is 126 cm³/mol. The van der Waals surface area contributed by atoms with Gasteiger partial charge < -0.3 is 15.8 Å². The van der Waals surface area contributed by atoms with Crippen LogP contribution < -0.4 is 16.6 Å². The van der Waals surface area contributed by atoms with Crippen LogP contribution in [0.4, 0.5) is 5.82 Å². The van der Waals surface area contributed by atoms with Crippen molar-refractivity contribution in [2.75, 3.05) is 5.73 Å². The van der Waals surface area contributed by atoms with Gasteiger partial charge in [0.25, 0.3) is 11.5 Å². The van der Waals surface area contributed by atoms with Gasteiger partial charge in [0.1, 0.15) is 29.2 Å². The van der Waals surface area contributed by atoms with Crippen LogP contribution >= 0.6 is 15.9 Å². The lowest BCUT2D eigenvalue weighted by atomic mass is 10.1. The summed E-state index contributed by atoms with van der Waals surface area (Å²) in [5.41, 5.74) is 6.60. The molecule has 0 saturated carbocycles. The standard InChI is InChI=1S/C23H25BrN4O4/c1-13-5-7-14(8-6-13)11-26-21(30)16-9-15-10-17(24)19(25)27-20(15)28(22(16)31)12-18(29)32-23(2,3)4/h5-10H,11-12H2,1-4H3,(H2,25,27)(H,26,30). The summed E-state index contributed by atoms with van der Waals surface area (Å²) >= 11 is 3.31. The monoisotopic (exact) mass is 500 g/mol. The Bertz CT molecular complexity index is 1240. The second-order valence-electron chi connectivity index (χ2n) is 8.47. The molecule has 32 heavy (non-hydrogen) atoms. The minimum Gasteiger partial charge on any atom is -0.459 e. The highest BCUT2D eigenvalue weighted by molar-refractivity contribution is 9.10. The first-order valence-corrected chi connectivity index (χ1v) is 10.8. The maximum absolute atomic E-state index is 13.2. The van der Waals surface area contributed by atoms with Gasteiger partial charge in [0.15, 0.2) is 0 Å². The number of rotatable bonds is 5. The van der Waals surface area contributed by atoms with E-state index in [1.165, 1.54) is 6.07 Å². The number of nitrogen functional groups attached to an aromatic ring is 1. The molecule has 3 N–H and O–H groups in total. The summed E-state index contributed by atoms with van der Waals surface area (Å²) < 4.78 is 6.98. The molecule has 2 aromatic heterocycles. The third kappa shape index (κ3) is 5.53. The number of fused-ring (bicyclic) bond motifs is 1. The molecule has 8 nitrogen and oxygen atoms in total. The van der Waals surface area contributed by atoms with Gasteiger partial charge in [-0.3, -0.25) is 19.0 Å². The molecule has 0 spiro atoms. The Morgan fingerprint density at radius 3 is 2.47 bits per heavy atom. The first kappa shape index (κ1) is 23.5. The molecular weight excluding hydrogens is 476 g/mol. The Kier molecular flexibility index (Phi) is 6.68. The normalized spacial score (nSPS) is 11.4. The SMILES string of the molecule is Cc1ccc(CNC(=O)c2cc3cc(Br)c(N)nc3n(CC(=O)OC(C)(C)C)c2=O)cc1. The highest BCUT2D eigenvalue weighted by atomic mass is 79.9. The largest absolute Gasteiger partial charge is 0.459 e. The lowest BCUT2D eigenvalue weighted by Crippen LogP contribution is -2.36. The van der Waals surface area contributed by atoms with Crippen LogP contribution in [0.5, 0.6) is 0 Å². The third-order valence-electron chi connectivity index (χ3n) is 4.57. The molecule has 9 heteroatoms. The summed E-state index contributed by atoms with van der Waals surface area (Å²) in [6.45, 7) is 7.02. The van der Waals surface area contributed by atoms with E-state index >= 15 is 0 Å². The maximum Gasteiger partial charge on any atom is 0.326 e. The van der Waals surface area contributed by atoms with Gasteiger partial charge in [-0.15, -0.1) is 0 Å². The minimum atomic E-state index is -0.727. The molecule has 1 amide bonds. The number of nitrogens with one attached hydrogen (secondary N) is 1. The van der Waals surface area contributed by atoms with Crippen molar-refractivity contribution in [3.05, 3.63) is 67.9 Å². The van der Waals surface area contributed by atoms with Crippen LogP contribution in [0.1, 0.15) is 42.3 Å². The number of hydrogen-bond acceptors (Lipinski definition) is 6. The molecule has 1 aromatic carbocycles.